The van der Waals surface area contributed by atoms with Gasteiger partial charge in [0.15, 0.2) is 0 Å². The molecule has 39 heavy (non-hydrogen) atoms. The van der Waals surface area contributed by atoms with Crippen LogP contribution in [0.1, 0.15) is 36.0 Å². The van der Waals surface area contributed by atoms with Gasteiger partial charge in [0.2, 0.25) is 0 Å². The molecule has 5 nitrogen and oxygen atoms in total. The maximum atomic E-state index is 12.0. The third-order valence-corrected chi connectivity index (χ3v) is 8.54. The maximum Gasteiger partial charge on any atom is 0.119 e. The number of benzene rings is 3. The van der Waals surface area contributed by atoms with Crippen LogP contribution >= 0.6 is 23.2 Å². The summed E-state index contributed by atoms with van der Waals surface area (Å²) in [5.74, 6) is 0.848. The lowest BCUT2D eigenvalue weighted by Gasteiger charge is -2.45. The SMILES string of the molecule is COc1cccc(C2(O)CCC(NCc3cn(Cc4ccccc4)c4cc(Cl)cc(Cl)c34)CC2CN(C)C)c1. The van der Waals surface area contributed by atoms with Gasteiger partial charge in [-0.25, -0.2) is 0 Å². The van der Waals surface area contributed by atoms with Gasteiger partial charge in [-0.1, -0.05) is 65.7 Å². The monoisotopic (exact) mass is 565 g/mol. The zero-order valence-electron chi connectivity index (χ0n) is 22.8. The van der Waals surface area contributed by atoms with Crippen LogP contribution in [0.5, 0.6) is 5.75 Å². The van der Waals surface area contributed by atoms with E-state index < -0.39 is 5.60 Å². The van der Waals surface area contributed by atoms with E-state index in [1.807, 2.05) is 42.5 Å². The van der Waals surface area contributed by atoms with Crippen molar-refractivity contribution in [3.8, 4) is 5.75 Å². The second-order valence-electron chi connectivity index (χ2n) is 11.0. The van der Waals surface area contributed by atoms with Gasteiger partial charge in [-0.2, -0.15) is 0 Å². The molecular formula is C32H37Cl2N3O2. The molecule has 5 rings (SSSR count). The zero-order valence-corrected chi connectivity index (χ0v) is 24.3. The van der Waals surface area contributed by atoms with Crippen LogP contribution in [0.2, 0.25) is 10.0 Å². The van der Waals surface area contributed by atoms with E-state index in [0.29, 0.717) is 23.0 Å². The highest BCUT2D eigenvalue weighted by Gasteiger charge is 2.43. The number of fused-ring (bicyclic) bond motifs is 1. The fourth-order valence-corrected chi connectivity index (χ4v) is 6.71. The molecule has 0 amide bonds. The van der Waals surface area contributed by atoms with E-state index in [0.717, 1.165) is 53.7 Å². The van der Waals surface area contributed by atoms with E-state index in [-0.39, 0.29) is 12.0 Å². The lowest BCUT2D eigenvalue weighted by molar-refractivity contribution is -0.0694. The summed E-state index contributed by atoms with van der Waals surface area (Å²) in [6.07, 6.45) is 4.62. The fourth-order valence-electron chi connectivity index (χ4n) is 6.10. The molecule has 3 atom stereocenters. The van der Waals surface area contributed by atoms with Gasteiger partial charge in [-0.15, -0.1) is 0 Å². The molecular weight excluding hydrogens is 529 g/mol. The minimum absolute atomic E-state index is 0.0765. The van der Waals surface area contributed by atoms with Crippen molar-refractivity contribution in [1.29, 1.82) is 0 Å². The Balaban J connectivity index is 1.37. The van der Waals surface area contributed by atoms with E-state index in [4.69, 9.17) is 27.9 Å². The first-order chi connectivity index (χ1) is 18.8. The van der Waals surface area contributed by atoms with Crippen molar-refractivity contribution >= 4 is 34.1 Å². The Morgan fingerprint density at radius 1 is 1.08 bits per heavy atom. The van der Waals surface area contributed by atoms with Gasteiger partial charge in [0.25, 0.3) is 0 Å². The highest BCUT2D eigenvalue weighted by atomic mass is 35.5. The van der Waals surface area contributed by atoms with E-state index in [9.17, 15) is 5.11 Å². The van der Waals surface area contributed by atoms with Crippen molar-refractivity contribution in [2.75, 3.05) is 27.7 Å². The largest absolute Gasteiger partial charge is 0.497 e. The number of ether oxygens (including phenoxy) is 1. The van der Waals surface area contributed by atoms with Crippen LogP contribution in [0.15, 0.2) is 72.9 Å². The van der Waals surface area contributed by atoms with Crippen LogP contribution in [0.4, 0.5) is 0 Å². The molecule has 0 bridgehead atoms. The van der Waals surface area contributed by atoms with Gasteiger partial charge in [-0.05, 0) is 74.3 Å². The molecule has 3 unspecified atom stereocenters. The Morgan fingerprint density at radius 3 is 2.62 bits per heavy atom. The minimum Gasteiger partial charge on any atom is -0.497 e. The van der Waals surface area contributed by atoms with Gasteiger partial charge < -0.3 is 24.6 Å². The average Bonchev–Trinajstić information content (AvgIpc) is 3.26. The number of hydrogen-bond donors (Lipinski definition) is 2. The molecule has 0 aliphatic heterocycles. The highest BCUT2D eigenvalue weighted by molar-refractivity contribution is 6.38. The molecule has 1 aliphatic rings. The third kappa shape index (κ3) is 6.13. The number of nitrogens with zero attached hydrogens (tertiary/aromatic N) is 2. The molecule has 0 saturated heterocycles. The Hall–Kier alpha value is -2.54. The molecule has 7 heteroatoms. The number of methoxy groups -OCH3 is 1. The summed E-state index contributed by atoms with van der Waals surface area (Å²) in [6.45, 7) is 2.24. The Morgan fingerprint density at radius 2 is 1.87 bits per heavy atom. The summed E-state index contributed by atoms with van der Waals surface area (Å²) in [4.78, 5) is 2.17. The molecule has 206 valence electrons. The molecule has 1 aliphatic carbocycles. The Labute approximate surface area is 241 Å². The van der Waals surface area contributed by atoms with Crippen LogP contribution in [-0.2, 0) is 18.7 Å². The quantitative estimate of drug-likeness (QED) is 0.236. The molecule has 0 spiro atoms. The smallest absolute Gasteiger partial charge is 0.119 e. The van der Waals surface area contributed by atoms with Crippen LogP contribution in [-0.4, -0.2) is 48.4 Å². The summed E-state index contributed by atoms with van der Waals surface area (Å²) in [6, 6.07) is 22.4. The van der Waals surface area contributed by atoms with Crippen molar-refractivity contribution in [3.05, 3.63) is 99.7 Å². The Bertz CT molecular complexity index is 1420. The second kappa shape index (κ2) is 11.9. The third-order valence-electron chi connectivity index (χ3n) is 8.03. The van der Waals surface area contributed by atoms with E-state index >= 15 is 0 Å². The molecule has 4 aromatic rings. The first-order valence-electron chi connectivity index (χ1n) is 13.5. The lowest BCUT2D eigenvalue weighted by atomic mass is 9.69. The van der Waals surface area contributed by atoms with Gasteiger partial charge in [0.1, 0.15) is 5.75 Å². The number of aromatic nitrogens is 1. The van der Waals surface area contributed by atoms with Gasteiger partial charge in [0.05, 0.1) is 23.3 Å². The van der Waals surface area contributed by atoms with Crippen molar-refractivity contribution in [1.82, 2.24) is 14.8 Å². The normalized spacial score (nSPS) is 21.5. The van der Waals surface area contributed by atoms with Crippen molar-refractivity contribution in [2.45, 2.75) is 44.0 Å². The van der Waals surface area contributed by atoms with Crippen LogP contribution in [0.25, 0.3) is 10.9 Å². The van der Waals surface area contributed by atoms with E-state index in [1.54, 1.807) is 7.11 Å². The molecule has 3 aromatic carbocycles. The molecule has 1 aromatic heterocycles. The molecule has 0 radical (unpaired) electrons. The summed E-state index contributed by atoms with van der Waals surface area (Å²) in [5.41, 5.74) is 3.44. The molecule has 1 fully saturated rings. The van der Waals surface area contributed by atoms with Gasteiger partial charge >= 0.3 is 0 Å². The summed E-state index contributed by atoms with van der Waals surface area (Å²) >= 11 is 13.2. The summed E-state index contributed by atoms with van der Waals surface area (Å²) in [7, 11) is 5.80. The van der Waals surface area contributed by atoms with Crippen molar-refractivity contribution < 1.29 is 9.84 Å². The minimum atomic E-state index is -0.900. The van der Waals surface area contributed by atoms with Gasteiger partial charge in [0, 0.05) is 48.2 Å². The van der Waals surface area contributed by atoms with Gasteiger partial charge in [-0.3, -0.25) is 0 Å². The van der Waals surface area contributed by atoms with Crippen LogP contribution < -0.4 is 10.1 Å². The number of halogens is 2. The number of hydrogen-bond acceptors (Lipinski definition) is 4. The summed E-state index contributed by atoms with van der Waals surface area (Å²) in [5, 5.41) is 18.1. The fraction of sp³-hybridized carbons (Fsp3) is 0.375. The predicted molar refractivity (Wildman–Crippen MR) is 161 cm³/mol. The topological polar surface area (TPSA) is 49.7 Å². The zero-order chi connectivity index (χ0) is 27.6. The number of rotatable bonds is 9. The van der Waals surface area contributed by atoms with Crippen molar-refractivity contribution in [2.24, 2.45) is 5.92 Å². The lowest BCUT2D eigenvalue weighted by Crippen LogP contribution is -2.49. The first-order valence-corrected chi connectivity index (χ1v) is 14.3. The molecule has 2 N–H and O–H groups in total. The van der Waals surface area contributed by atoms with Crippen LogP contribution in [0, 0.1) is 5.92 Å². The van der Waals surface area contributed by atoms with E-state index in [1.165, 1.54) is 5.56 Å². The summed E-state index contributed by atoms with van der Waals surface area (Å²) < 4.78 is 7.69. The second-order valence-corrected chi connectivity index (χ2v) is 11.9. The molecule has 1 heterocycles. The maximum absolute atomic E-state index is 12.0. The number of nitrogens with one attached hydrogen (secondary N) is 1. The van der Waals surface area contributed by atoms with Crippen molar-refractivity contribution in [3.63, 3.8) is 0 Å². The highest BCUT2D eigenvalue weighted by Crippen LogP contribution is 2.43. The van der Waals surface area contributed by atoms with Crippen LogP contribution in [0.3, 0.4) is 0 Å². The van der Waals surface area contributed by atoms with E-state index in [2.05, 4.69) is 59.3 Å². The standard InChI is InChI=1S/C32H37Cl2N3O2/c1-36(2)21-25-14-27(12-13-32(25,38)24-10-7-11-28(15-24)39-3)35-18-23-20-37(19-22-8-5-4-6-9-22)30-17-26(33)16-29(34)31(23)30/h4-11,15-17,20,25,27,35,38H,12-14,18-19,21H2,1-3H3. The number of aliphatic hydroxyl groups is 1. The Kier molecular flexibility index (Phi) is 8.55. The first kappa shape index (κ1) is 28.0. The predicted octanol–water partition coefficient (Wildman–Crippen LogP) is 6.71. The average molecular weight is 567 g/mol. The molecule has 1 saturated carbocycles.